The van der Waals surface area contributed by atoms with Crippen LogP contribution in [0.25, 0.3) is 0 Å². The first-order valence-corrected chi connectivity index (χ1v) is 7.24. The molecular weight excluding hydrogens is 270 g/mol. The number of esters is 1. The molecule has 21 heavy (non-hydrogen) atoms. The molecule has 0 aromatic heterocycles. The third kappa shape index (κ3) is 8.32. The molecule has 2 N–H and O–H groups in total. The molecule has 0 spiro atoms. The van der Waals surface area contributed by atoms with E-state index >= 15 is 0 Å². The number of aliphatic hydroxyl groups excluding tert-OH is 1. The summed E-state index contributed by atoms with van der Waals surface area (Å²) in [6, 6.07) is 7.91. The molecule has 0 fully saturated rings. The van der Waals surface area contributed by atoms with Gasteiger partial charge in [-0.3, -0.25) is 4.79 Å². The van der Waals surface area contributed by atoms with Gasteiger partial charge < -0.3 is 19.9 Å². The molecule has 1 rings (SSSR count). The summed E-state index contributed by atoms with van der Waals surface area (Å²) in [5, 5.41) is 12.9. The van der Waals surface area contributed by atoms with Gasteiger partial charge in [-0.15, -0.1) is 0 Å². The average Bonchev–Trinajstić information content (AvgIpc) is 2.44. The second-order valence-electron chi connectivity index (χ2n) is 5.26. The highest BCUT2D eigenvalue weighted by Crippen LogP contribution is 2.13. The molecule has 1 aromatic carbocycles. The quantitative estimate of drug-likeness (QED) is 0.676. The lowest BCUT2D eigenvalue weighted by atomic mass is 10.1. The molecule has 1 aromatic rings. The lowest BCUT2D eigenvalue weighted by Crippen LogP contribution is -2.35. The highest BCUT2D eigenvalue weighted by Gasteiger charge is 2.06. The van der Waals surface area contributed by atoms with Crippen molar-refractivity contribution in [2.75, 3.05) is 19.8 Å². The lowest BCUT2D eigenvalue weighted by molar-refractivity contribution is -0.140. The van der Waals surface area contributed by atoms with Crippen LogP contribution in [0.3, 0.4) is 0 Å². The zero-order valence-corrected chi connectivity index (χ0v) is 13.0. The Kier molecular flexibility index (Phi) is 7.79. The fraction of sp³-hybridized carbons (Fsp3) is 0.562. The van der Waals surface area contributed by atoms with Crippen LogP contribution in [0.5, 0.6) is 5.75 Å². The van der Waals surface area contributed by atoms with Crippen LogP contribution in [0.4, 0.5) is 0 Å². The zero-order chi connectivity index (χ0) is 15.7. The molecular formula is C16H25NO4. The maximum Gasteiger partial charge on any atom is 0.302 e. The normalized spacial score (nSPS) is 12.2. The van der Waals surface area contributed by atoms with E-state index in [9.17, 15) is 9.90 Å². The van der Waals surface area contributed by atoms with Gasteiger partial charge in [0.05, 0.1) is 6.61 Å². The Morgan fingerprint density at radius 1 is 1.29 bits per heavy atom. The topological polar surface area (TPSA) is 67.8 Å². The number of rotatable bonds is 9. The minimum Gasteiger partial charge on any atom is -0.491 e. The summed E-state index contributed by atoms with van der Waals surface area (Å²) in [5.74, 6) is 0.453. The van der Waals surface area contributed by atoms with Gasteiger partial charge in [-0.2, -0.15) is 0 Å². The summed E-state index contributed by atoms with van der Waals surface area (Å²) < 4.78 is 10.4. The van der Waals surface area contributed by atoms with Gasteiger partial charge in [-0.05, 0) is 17.7 Å². The predicted octanol–water partition coefficient (Wildman–Crippen LogP) is 1.53. The molecule has 0 saturated heterocycles. The standard InChI is InChI=1S/C16H25NO4/c1-12(2)17-10-15(19)11-21-16-6-4-14(5-7-16)8-9-20-13(3)18/h4-7,12,15,17,19H,8-11H2,1-3H3. The molecule has 0 amide bonds. The molecule has 5 heteroatoms. The maximum absolute atomic E-state index is 10.7. The van der Waals surface area contributed by atoms with E-state index in [0.29, 0.717) is 25.6 Å². The number of ether oxygens (including phenoxy) is 2. The molecule has 0 bridgehead atoms. The zero-order valence-electron chi connectivity index (χ0n) is 13.0. The van der Waals surface area contributed by atoms with Crippen LogP contribution in [0, 0.1) is 0 Å². The fourth-order valence-corrected chi connectivity index (χ4v) is 1.69. The smallest absolute Gasteiger partial charge is 0.302 e. The first kappa shape index (κ1) is 17.5. The summed E-state index contributed by atoms with van der Waals surface area (Å²) in [5.41, 5.74) is 1.07. The van der Waals surface area contributed by atoms with E-state index in [-0.39, 0.29) is 12.6 Å². The summed E-state index contributed by atoms with van der Waals surface area (Å²) in [6.07, 6.45) is 0.150. The molecule has 0 aliphatic rings. The van der Waals surface area contributed by atoms with Crippen LogP contribution in [0.15, 0.2) is 24.3 Å². The average molecular weight is 295 g/mol. The summed E-state index contributed by atoms with van der Waals surface area (Å²) in [4.78, 5) is 10.7. The van der Waals surface area contributed by atoms with Crippen LogP contribution in [0.1, 0.15) is 26.3 Å². The van der Waals surface area contributed by atoms with E-state index in [0.717, 1.165) is 11.3 Å². The van der Waals surface area contributed by atoms with E-state index in [1.165, 1.54) is 6.92 Å². The SMILES string of the molecule is CC(=O)OCCc1ccc(OCC(O)CNC(C)C)cc1. The minimum absolute atomic E-state index is 0.256. The summed E-state index contributed by atoms with van der Waals surface area (Å²) in [7, 11) is 0. The second kappa shape index (κ2) is 9.37. The van der Waals surface area contributed by atoms with Crippen molar-refractivity contribution in [3.8, 4) is 5.75 Å². The number of hydrogen-bond donors (Lipinski definition) is 2. The third-order valence-corrected chi connectivity index (χ3v) is 2.82. The van der Waals surface area contributed by atoms with E-state index in [4.69, 9.17) is 9.47 Å². The minimum atomic E-state index is -0.531. The Bertz CT molecular complexity index is 417. The van der Waals surface area contributed by atoms with Crippen molar-refractivity contribution in [1.82, 2.24) is 5.32 Å². The second-order valence-corrected chi connectivity index (χ2v) is 5.26. The number of carbonyl (C=O) groups is 1. The molecule has 0 heterocycles. The van der Waals surface area contributed by atoms with Crippen molar-refractivity contribution in [2.45, 2.75) is 39.3 Å². The van der Waals surface area contributed by atoms with Crippen LogP contribution < -0.4 is 10.1 Å². The van der Waals surface area contributed by atoms with E-state index < -0.39 is 6.10 Å². The van der Waals surface area contributed by atoms with Gasteiger partial charge in [0, 0.05) is 25.9 Å². The third-order valence-electron chi connectivity index (χ3n) is 2.82. The number of carbonyl (C=O) groups excluding carboxylic acids is 1. The molecule has 118 valence electrons. The largest absolute Gasteiger partial charge is 0.491 e. The van der Waals surface area contributed by atoms with Gasteiger partial charge in [0.1, 0.15) is 18.5 Å². The highest BCUT2D eigenvalue weighted by molar-refractivity contribution is 5.65. The molecule has 5 nitrogen and oxygen atoms in total. The van der Waals surface area contributed by atoms with Crippen molar-refractivity contribution < 1.29 is 19.4 Å². The maximum atomic E-state index is 10.7. The summed E-state index contributed by atoms with van der Waals surface area (Å²) in [6.45, 7) is 6.61. The Hall–Kier alpha value is -1.59. The van der Waals surface area contributed by atoms with E-state index in [1.54, 1.807) is 0 Å². The van der Waals surface area contributed by atoms with Crippen LogP contribution in [0.2, 0.25) is 0 Å². The summed E-state index contributed by atoms with van der Waals surface area (Å²) >= 11 is 0. The van der Waals surface area contributed by atoms with E-state index in [1.807, 2.05) is 38.1 Å². The van der Waals surface area contributed by atoms with Gasteiger partial charge in [0.2, 0.25) is 0 Å². The van der Waals surface area contributed by atoms with Crippen molar-refractivity contribution in [3.05, 3.63) is 29.8 Å². The molecule has 0 saturated carbocycles. The number of aliphatic hydroxyl groups is 1. The molecule has 1 atom stereocenters. The van der Waals surface area contributed by atoms with Gasteiger partial charge in [0.15, 0.2) is 0 Å². The van der Waals surface area contributed by atoms with Crippen molar-refractivity contribution in [2.24, 2.45) is 0 Å². The first-order chi connectivity index (χ1) is 9.97. The lowest BCUT2D eigenvalue weighted by Gasteiger charge is -2.15. The Balaban J connectivity index is 2.28. The Morgan fingerprint density at radius 3 is 2.52 bits per heavy atom. The number of benzene rings is 1. The van der Waals surface area contributed by atoms with Gasteiger partial charge in [0.25, 0.3) is 0 Å². The van der Waals surface area contributed by atoms with Crippen molar-refractivity contribution in [1.29, 1.82) is 0 Å². The Morgan fingerprint density at radius 2 is 1.95 bits per heavy atom. The van der Waals surface area contributed by atoms with Gasteiger partial charge in [-0.1, -0.05) is 26.0 Å². The fourth-order valence-electron chi connectivity index (χ4n) is 1.69. The monoisotopic (exact) mass is 295 g/mol. The molecule has 1 unspecified atom stereocenters. The van der Waals surface area contributed by atoms with Gasteiger partial charge >= 0.3 is 5.97 Å². The van der Waals surface area contributed by atoms with E-state index in [2.05, 4.69) is 5.32 Å². The van der Waals surface area contributed by atoms with Crippen LogP contribution in [-0.4, -0.2) is 43.0 Å². The number of nitrogens with one attached hydrogen (secondary N) is 1. The highest BCUT2D eigenvalue weighted by atomic mass is 16.5. The molecule has 0 aliphatic carbocycles. The van der Waals surface area contributed by atoms with Crippen molar-refractivity contribution in [3.63, 3.8) is 0 Å². The molecule has 0 radical (unpaired) electrons. The molecule has 0 aliphatic heterocycles. The predicted molar refractivity (Wildman–Crippen MR) is 81.4 cm³/mol. The van der Waals surface area contributed by atoms with Gasteiger partial charge in [-0.25, -0.2) is 0 Å². The van der Waals surface area contributed by atoms with Crippen molar-refractivity contribution >= 4 is 5.97 Å². The Labute approximate surface area is 126 Å². The number of hydrogen-bond acceptors (Lipinski definition) is 5. The van der Waals surface area contributed by atoms with Crippen LogP contribution in [-0.2, 0) is 16.0 Å². The van der Waals surface area contributed by atoms with Crippen LogP contribution >= 0.6 is 0 Å². The first-order valence-electron chi connectivity index (χ1n) is 7.24.